The van der Waals surface area contributed by atoms with Crippen molar-refractivity contribution in [1.82, 2.24) is 20.3 Å². The molecule has 2 amide bonds. The van der Waals surface area contributed by atoms with Gasteiger partial charge in [0.05, 0.1) is 19.2 Å². The van der Waals surface area contributed by atoms with E-state index in [2.05, 4.69) is 34.5 Å². The van der Waals surface area contributed by atoms with Crippen LogP contribution < -0.4 is 5.32 Å². The Hall–Kier alpha value is -2.84. The zero-order chi connectivity index (χ0) is 21.3. The van der Waals surface area contributed by atoms with E-state index in [4.69, 9.17) is 9.26 Å². The van der Waals surface area contributed by atoms with Crippen LogP contribution in [0, 0.1) is 5.92 Å². The van der Waals surface area contributed by atoms with Crippen LogP contribution in [0.25, 0.3) is 0 Å². The highest BCUT2D eigenvalue weighted by Crippen LogP contribution is 2.38. The van der Waals surface area contributed by atoms with Crippen LogP contribution in [-0.4, -0.2) is 52.0 Å². The molecule has 0 aromatic carbocycles. The summed E-state index contributed by atoms with van der Waals surface area (Å²) < 4.78 is 10.5. The Kier molecular flexibility index (Phi) is 7.87. The highest BCUT2D eigenvalue weighted by atomic mass is 16.6. The van der Waals surface area contributed by atoms with Gasteiger partial charge in [0.25, 0.3) is 0 Å². The van der Waals surface area contributed by atoms with Crippen LogP contribution in [0.2, 0.25) is 0 Å². The number of hydrogen-bond acceptors (Lipinski definition) is 6. The number of nitrogens with zero attached hydrogens (tertiary/aromatic N) is 3. The number of carbonyl (C=O) groups is 2. The van der Waals surface area contributed by atoms with E-state index in [9.17, 15) is 9.59 Å². The van der Waals surface area contributed by atoms with Gasteiger partial charge in [-0.1, -0.05) is 19.0 Å². The van der Waals surface area contributed by atoms with Crippen molar-refractivity contribution in [1.29, 1.82) is 0 Å². The average Bonchev–Trinajstić information content (AvgIpc) is 3.48. The van der Waals surface area contributed by atoms with E-state index in [0.717, 1.165) is 50.9 Å². The maximum absolute atomic E-state index is 12.3. The summed E-state index contributed by atoms with van der Waals surface area (Å²) in [7, 11) is 0. The van der Waals surface area contributed by atoms with E-state index < -0.39 is 0 Å². The molecule has 1 saturated carbocycles. The molecule has 3 rings (SSSR count). The molecule has 1 aliphatic carbocycles. The van der Waals surface area contributed by atoms with Gasteiger partial charge in [0, 0.05) is 36.8 Å². The van der Waals surface area contributed by atoms with Gasteiger partial charge in [-0.25, -0.2) is 4.79 Å². The van der Waals surface area contributed by atoms with E-state index in [-0.39, 0.29) is 18.4 Å². The molecular formula is C21H31N5O4. The molecule has 0 radical (unpaired) electrons. The lowest BCUT2D eigenvalue weighted by molar-refractivity contribution is -0.115. The van der Waals surface area contributed by atoms with E-state index in [1.165, 1.54) is 6.20 Å². The molecule has 30 heavy (non-hydrogen) atoms. The van der Waals surface area contributed by atoms with Gasteiger partial charge < -0.3 is 19.5 Å². The number of hydrogen-bond donors (Lipinski definition) is 2. The maximum atomic E-state index is 12.3. The van der Waals surface area contributed by atoms with Crippen molar-refractivity contribution in [2.75, 3.05) is 25.0 Å². The Labute approximate surface area is 176 Å². The second kappa shape index (κ2) is 10.8. The zero-order valence-corrected chi connectivity index (χ0v) is 17.7. The summed E-state index contributed by atoms with van der Waals surface area (Å²) in [6.07, 6.45) is 6.22. The Bertz CT molecular complexity index is 798. The quantitative estimate of drug-likeness (QED) is 0.609. The number of H-pyrrole nitrogens is 1. The first-order chi connectivity index (χ1) is 14.6. The largest absolute Gasteiger partial charge is 0.449 e. The molecule has 0 spiro atoms. The first-order valence-electron chi connectivity index (χ1n) is 10.7. The molecule has 164 valence electrons. The molecule has 1 fully saturated rings. The lowest BCUT2D eigenvalue weighted by Crippen LogP contribution is -2.33. The van der Waals surface area contributed by atoms with Gasteiger partial charge in [-0.3, -0.25) is 9.89 Å². The minimum atomic E-state index is -0.208. The van der Waals surface area contributed by atoms with Crippen molar-refractivity contribution in [3.8, 4) is 0 Å². The van der Waals surface area contributed by atoms with Crippen LogP contribution in [-0.2, 0) is 16.0 Å². The molecule has 1 aliphatic rings. The third-order valence-electron chi connectivity index (χ3n) is 5.36. The number of aromatic nitrogens is 3. The van der Waals surface area contributed by atoms with Gasteiger partial charge in [0.2, 0.25) is 5.91 Å². The molecule has 2 aromatic rings. The summed E-state index contributed by atoms with van der Waals surface area (Å²) in [6.45, 7) is 6.05. The molecule has 9 nitrogen and oxygen atoms in total. The lowest BCUT2D eigenvalue weighted by Gasteiger charge is -2.22. The smallest absolute Gasteiger partial charge is 0.409 e. The number of anilines is 1. The Morgan fingerprint density at radius 1 is 1.30 bits per heavy atom. The summed E-state index contributed by atoms with van der Waals surface area (Å²) in [6, 6.07) is 3.53. The third-order valence-corrected chi connectivity index (χ3v) is 5.36. The predicted octanol–water partition coefficient (Wildman–Crippen LogP) is 3.72. The summed E-state index contributed by atoms with van der Waals surface area (Å²) in [4.78, 5) is 26.1. The fraction of sp³-hybridized carbons (Fsp3) is 0.619. The molecule has 0 saturated heterocycles. The molecular weight excluding hydrogens is 386 g/mol. The van der Waals surface area contributed by atoms with Crippen molar-refractivity contribution < 1.29 is 18.8 Å². The molecule has 2 atom stereocenters. The first-order valence-corrected chi connectivity index (χ1v) is 10.7. The van der Waals surface area contributed by atoms with Gasteiger partial charge in [-0.05, 0) is 38.0 Å². The Morgan fingerprint density at radius 3 is 2.80 bits per heavy atom. The fourth-order valence-electron chi connectivity index (χ4n) is 3.91. The molecule has 1 unspecified atom stereocenters. The standard InChI is InChI=1S/C21H31N5O4/c1-3-9-26(10-4-2)21(28)29-14-15-5-6-16(11-15)18-13-19(25-24-18)23-20(27)12-17-7-8-22-30-17/h7-8,13,15-16H,3-6,9-12,14H2,1-2H3,(H2,23,24,25,27)/t15?,16-/m0/s1. The fourth-order valence-corrected chi connectivity index (χ4v) is 3.91. The van der Waals surface area contributed by atoms with Crippen LogP contribution in [0.1, 0.15) is 63.3 Å². The van der Waals surface area contributed by atoms with Gasteiger partial charge in [0.15, 0.2) is 5.82 Å². The van der Waals surface area contributed by atoms with Crippen molar-refractivity contribution in [3.63, 3.8) is 0 Å². The summed E-state index contributed by atoms with van der Waals surface area (Å²) in [5, 5.41) is 13.6. The molecule has 0 bridgehead atoms. The number of aromatic amines is 1. The Morgan fingerprint density at radius 2 is 2.10 bits per heavy atom. The molecule has 2 N–H and O–H groups in total. The second-order valence-corrected chi connectivity index (χ2v) is 7.85. The number of rotatable bonds is 10. The summed E-state index contributed by atoms with van der Waals surface area (Å²) in [5.74, 6) is 1.47. The van der Waals surface area contributed by atoms with Crippen molar-refractivity contribution in [2.45, 2.75) is 58.3 Å². The maximum Gasteiger partial charge on any atom is 0.409 e. The number of carbonyl (C=O) groups excluding carboxylic acids is 2. The van der Waals surface area contributed by atoms with Crippen LogP contribution >= 0.6 is 0 Å². The molecule has 9 heteroatoms. The highest BCUT2D eigenvalue weighted by molar-refractivity contribution is 5.91. The average molecular weight is 418 g/mol. The minimum absolute atomic E-state index is 0.117. The van der Waals surface area contributed by atoms with Crippen LogP contribution in [0.4, 0.5) is 10.6 Å². The van der Waals surface area contributed by atoms with Crippen LogP contribution in [0.3, 0.4) is 0 Å². The molecule has 2 aromatic heterocycles. The van der Waals surface area contributed by atoms with E-state index in [0.29, 0.717) is 30.0 Å². The van der Waals surface area contributed by atoms with Gasteiger partial charge >= 0.3 is 6.09 Å². The zero-order valence-electron chi connectivity index (χ0n) is 17.7. The van der Waals surface area contributed by atoms with Gasteiger partial charge in [0.1, 0.15) is 5.76 Å². The van der Waals surface area contributed by atoms with Gasteiger partial charge in [-0.15, -0.1) is 0 Å². The van der Waals surface area contributed by atoms with Gasteiger partial charge in [-0.2, -0.15) is 5.10 Å². The van der Waals surface area contributed by atoms with Crippen molar-refractivity contribution >= 4 is 17.8 Å². The summed E-state index contributed by atoms with van der Waals surface area (Å²) >= 11 is 0. The second-order valence-electron chi connectivity index (χ2n) is 7.85. The summed E-state index contributed by atoms with van der Waals surface area (Å²) in [5.41, 5.74) is 0.998. The Balaban J connectivity index is 1.44. The van der Waals surface area contributed by atoms with E-state index in [1.54, 1.807) is 11.0 Å². The van der Waals surface area contributed by atoms with Crippen molar-refractivity contribution in [3.05, 3.63) is 29.8 Å². The van der Waals surface area contributed by atoms with Crippen molar-refractivity contribution in [2.24, 2.45) is 5.92 Å². The topological polar surface area (TPSA) is 113 Å². The minimum Gasteiger partial charge on any atom is -0.449 e. The normalized spacial score (nSPS) is 18.3. The first kappa shape index (κ1) is 21.9. The van der Waals surface area contributed by atoms with E-state index in [1.807, 2.05) is 6.07 Å². The monoisotopic (exact) mass is 417 g/mol. The predicted molar refractivity (Wildman–Crippen MR) is 111 cm³/mol. The number of nitrogens with one attached hydrogen (secondary N) is 2. The van der Waals surface area contributed by atoms with Crippen LogP contribution in [0.15, 0.2) is 22.9 Å². The van der Waals surface area contributed by atoms with E-state index >= 15 is 0 Å². The number of amides is 2. The third kappa shape index (κ3) is 6.08. The molecule has 2 heterocycles. The SMILES string of the molecule is CCCN(CCC)C(=O)OCC1CC[C@H](c2cc(NC(=O)Cc3ccno3)n[nH]2)C1. The van der Waals surface area contributed by atoms with Crippen LogP contribution in [0.5, 0.6) is 0 Å². The molecule has 0 aliphatic heterocycles. The number of ether oxygens (including phenoxy) is 1. The lowest BCUT2D eigenvalue weighted by atomic mass is 10.0. The highest BCUT2D eigenvalue weighted by Gasteiger charge is 2.29.